The summed E-state index contributed by atoms with van der Waals surface area (Å²) < 4.78 is 0. The summed E-state index contributed by atoms with van der Waals surface area (Å²) >= 11 is 0. The summed E-state index contributed by atoms with van der Waals surface area (Å²) in [7, 11) is 0. The van der Waals surface area contributed by atoms with E-state index in [1.54, 1.807) is 6.20 Å². The number of nitrogens with zero attached hydrogens (tertiary/aromatic N) is 3. The second-order valence-corrected chi connectivity index (χ2v) is 16.3. The minimum absolute atomic E-state index is 0.688. The lowest BCUT2D eigenvalue weighted by Crippen LogP contribution is -1.98. The van der Waals surface area contributed by atoms with E-state index in [2.05, 4.69) is 199 Å². The number of pyridine rings is 1. The standard InChI is InChI=1S/C59H39N3/c1-2-15-47-44(11-1)35-55(52-20-7-3-16-48(47)52)43-12-9-13-45(33-43)58-36-57(40-26-22-39(23-27-40)46-14-10-32-60-37-46)61-59(62-58)41-28-24-38(25-29-41)42-30-31-54-51-19-5-4-17-49(51)50-18-6-8-21-53(50)56(54)34-42/h2-10,12-37H,1,11H2. The molecule has 12 rings (SSSR count). The van der Waals surface area contributed by atoms with Crippen LogP contribution in [0.15, 0.2) is 207 Å². The third kappa shape index (κ3) is 6.26. The van der Waals surface area contributed by atoms with Gasteiger partial charge in [-0.05, 0) is 131 Å². The van der Waals surface area contributed by atoms with Crippen LogP contribution in [0.4, 0.5) is 0 Å². The van der Waals surface area contributed by atoms with E-state index in [1.165, 1.54) is 70.9 Å². The monoisotopic (exact) mass is 789 g/mol. The van der Waals surface area contributed by atoms with Crippen molar-refractivity contribution in [2.45, 2.75) is 12.8 Å². The van der Waals surface area contributed by atoms with Crippen LogP contribution in [0.5, 0.6) is 0 Å². The molecular weight excluding hydrogens is 751 g/mol. The Bertz CT molecular complexity index is 3510. The molecule has 0 atom stereocenters. The molecule has 9 aromatic carbocycles. The van der Waals surface area contributed by atoms with Crippen molar-refractivity contribution >= 4 is 49.2 Å². The van der Waals surface area contributed by atoms with Gasteiger partial charge in [-0.25, -0.2) is 9.97 Å². The molecule has 0 amide bonds. The highest BCUT2D eigenvalue weighted by Gasteiger charge is 2.17. The summed E-state index contributed by atoms with van der Waals surface area (Å²) in [6, 6.07) is 67.9. The quantitative estimate of drug-likeness (QED) is 0.158. The smallest absolute Gasteiger partial charge is 0.160 e. The van der Waals surface area contributed by atoms with Gasteiger partial charge < -0.3 is 0 Å². The number of aryl methyl sites for hydroxylation is 1. The molecule has 290 valence electrons. The zero-order chi connectivity index (χ0) is 41.0. The maximum absolute atomic E-state index is 5.31. The molecule has 0 spiro atoms. The van der Waals surface area contributed by atoms with Crippen LogP contribution in [0.3, 0.4) is 0 Å². The van der Waals surface area contributed by atoms with Gasteiger partial charge in [0.05, 0.1) is 11.4 Å². The fourth-order valence-corrected chi connectivity index (χ4v) is 9.52. The van der Waals surface area contributed by atoms with Crippen molar-refractivity contribution in [2.24, 2.45) is 0 Å². The first-order chi connectivity index (χ1) is 30.7. The number of fused-ring (bicyclic) bond motifs is 9. The van der Waals surface area contributed by atoms with E-state index in [0.29, 0.717) is 5.82 Å². The van der Waals surface area contributed by atoms with Gasteiger partial charge in [-0.1, -0.05) is 170 Å². The van der Waals surface area contributed by atoms with Gasteiger partial charge in [0.2, 0.25) is 0 Å². The molecule has 3 heteroatoms. The van der Waals surface area contributed by atoms with Gasteiger partial charge in [-0.3, -0.25) is 4.98 Å². The SMILES string of the molecule is C1=Cc2c(cc(-c3cccc(-c4cc(-c5ccc(-c6cccnc6)cc5)nc(-c5ccc(-c6ccc7c8ccccc8c8ccccc8c7c6)cc5)n4)c3)c3ccccc23)CC1. The highest BCUT2D eigenvalue weighted by molar-refractivity contribution is 6.25. The minimum atomic E-state index is 0.688. The van der Waals surface area contributed by atoms with Gasteiger partial charge in [0, 0.05) is 29.1 Å². The first-order valence-corrected chi connectivity index (χ1v) is 21.4. The van der Waals surface area contributed by atoms with Crippen molar-refractivity contribution in [3.63, 3.8) is 0 Å². The van der Waals surface area contributed by atoms with Crippen LogP contribution in [0.1, 0.15) is 17.5 Å². The number of hydrogen-bond acceptors (Lipinski definition) is 3. The van der Waals surface area contributed by atoms with E-state index in [4.69, 9.17) is 9.97 Å². The lowest BCUT2D eigenvalue weighted by atomic mass is 9.87. The maximum Gasteiger partial charge on any atom is 0.160 e. The Hall–Kier alpha value is -8.01. The largest absolute Gasteiger partial charge is 0.264 e. The fourth-order valence-electron chi connectivity index (χ4n) is 9.52. The third-order valence-corrected chi connectivity index (χ3v) is 12.6. The summed E-state index contributed by atoms with van der Waals surface area (Å²) in [6.07, 6.45) is 10.4. The molecule has 2 heterocycles. The Kier molecular flexibility index (Phi) is 8.64. The fraction of sp³-hybridized carbons (Fsp3) is 0.0339. The Morgan fingerprint density at radius 3 is 1.63 bits per heavy atom. The van der Waals surface area contributed by atoms with Crippen LogP contribution in [0.2, 0.25) is 0 Å². The van der Waals surface area contributed by atoms with Crippen molar-refractivity contribution in [1.29, 1.82) is 0 Å². The predicted molar refractivity (Wildman–Crippen MR) is 260 cm³/mol. The Morgan fingerprint density at radius 2 is 0.919 bits per heavy atom. The topological polar surface area (TPSA) is 38.7 Å². The van der Waals surface area contributed by atoms with Crippen LogP contribution in [-0.4, -0.2) is 15.0 Å². The Morgan fingerprint density at radius 1 is 0.355 bits per heavy atom. The number of benzene rings is 9. The van der Waals surface area contributed by atoms with Crippen molar-refractivity contribution < 1.29 is 0 Å². The molecule has 0 N–H and O–H groups in total. The zero-order valence-electron chi connectivity index (χ0n) is 34.0. The number of aromatic nitrogens is 3. The van der Waals surface area contributed by atoms with Crippen LogP contribution in [0.25, 0.3) is 116 Å². The molecule has 0 fully saturated rings. The van der Waals surface area contributed by atoms with Gasteiger partial charge in [0.25, 0.3) is 0 Å². The third-order valence-electron chi connectivity index (χ3n) is 12.6. The normalized spacial score (nSPS) is 12.3. The molecule has 2 aromatic heterocycles. The van der Waals surface area contributed by atoms with Crippen LogP contribution < -0.4 is 0 Å². The van der Waals surface area contributed by atoms with Crippen LogP contribution in [-0.2, 0) is 6.42 Å². The molecule has 1 aliphatic carbocycles. The van der Waals surface area contributed by atoms with Crippen molar-refractivity contribution in [2.75, 3.05) is 0 Å². The average Bonchev–Trinajstić information content (AvgIpc) is 3.36. The molecule has 62 heavy (non-hydrogen) atoms. The molecule has 11 aromatic rings. The highest BCUT2D eigenvalue weighted by Crippen LogP contribution is 2.40. The van der Waals surface area contributed by atoms with Crippen LogP contribution >= 0.6 is 0 Å². The van der Waals surface area contributed by atoms with E-state index < -0.39 is 0 Å². The summed E-state index contributed by atoms with van der Waals surface area (Å²) in [6.45, 7) is 0. The second-order valence-electron chi connectivity index (χ2n) is 16.3. The van der Waals surface area contributed by atoms with E-state index in [9.17, 15) is 0 Å². The van der Waals surface area contributed by atoms with Crippen molar-refractivity contribution in [1.82, 2.24) is 15.0 Å². The minimum Gasteiger partial charge on any atom is -0.264 e. The van der Waals surface area contributed by atoms with Crippen LogP contribution in [0, 0.1) is 0 Å². The molecule has 0 radical (unpaired) electrons. The molecular formula is C59H39N3. The Labute approximate surface area is 360 Å². The molecule has 0 saturated heterocycles. The predicted octanol–water partition coefficient (Wildman–Crippen LogP) is 15.4. The van der Waals surface area contributed by atoms with Crippen molar-refractivity contribution in [3.8, 4) is 67.3 Å². The number of hydrogen-bond donors (Lipinski definition) is 0. The van der Waals surface area contributed by atoms with E-state index in [0.717, 1.165) is 57.6 Å². The second kappa shape index (κ2) is 14.9. The van der Waals surface area contributed by atoms with Gasteiger partial charge in [-0.15, -0.1) is 0 Å². The summed E-state index contributed by atoms with van der Waals surface area (Å²) in [4.78, 5) is 14.9. The summed E-state index contributed by atoms with van der Waals surface area (Å²) in [5.41, 5.74) is 14.5. The van der Waals surface area contributed by atoms with Gasteiger partial charge in [0.15, 0.2) is 5.82 Å². The van der Waals surface area contributed by atoms with Gasteiger partial charge in [-0.2, -0.15) is 0 Å². The molecule has 0 saturated carbocycles. The first-order valence-electron chi connectivity index (χ1n) is 21.4. The molecule has 1 aliphatic rings. The summed E-state index contributed by atoms with van der Waals surface area (Å²) in [5, 5.41) is 10.2. The van der Waals surface area contributed by atoms with Crippen molar-refractivity contribution in [3.05, 3.63) is 218 Å². The van der Waals surface area contributed by atoms with E-state index in [-0.39, 0.29) is 0 Å². The van der Waals surface area contributed by atoms with Gasteiger partial charge in [0.1, 0.15) is 0 Å². The van der Waals surface area contributed by atoms with E-state index >= 15 is 0 Å². The highest BCUT2D eigenvalue weighted by atomic mass is 14.9. The molecule has 0 unspecified atom stereocenters. The zero-order valence-corrected chi connectivity index (χ0v) is 34.0. The molecule has 3 nitrogen and oxygen atoms in total. The lowest BCUT2D eigenvalue weighted by Gasteiger charge is -2.18. The maximum atomic E-state index is 5.31. The average molecular weight is 790 g/mol. The molecule has 0 bridgehead atoms. The number of rotatable bonds is 6. The summed E-state index contributed by atoms with van der Waals surface area (Å²) in [5.74, 6) is 0.688. The lowest BCUT2D eigenvalue weighted by molar-refractivity contribution is 0.990. The van der Waals surface area contributed by atoms with E-state index in [1.807, 2.05) is 12.3 Å². The molecule has 0 aliphatic heterocycles. The van der Waals surface area contributed by atoms with Gasteiger partial charge >= 0.3 is 0 Å². The number of allylic oxidation sites excluding steroid dienone is 1. The Balaban J connectivity index is 0.964. The first kappa shape index (κ1) is 35.9.